The Bertz CT molecular complexity index is 637. The molecule has 2 aromatic carbocycles. The molecule has 0 heterocycles. The van der Waals surface area contributed by atoms with Gasteiger partial charge in [0.25, 0.3) is 0 Å². The SMILES string of the molecule is Cc1cc(N)c(Cl)cc1NCc1ccc(C(F)(F)F)cc1. The van der Waals surface area contributed by atoms with E-state index in [1.165, 1.54) is 12.1 Å². The van der Waals surface area contributed by atoms with Gasteiger partial charge in [-0.1, -0.05) is 23.7 Å². The predicted molar refractivity (Wildman–Crippen MR) is 79.4 cm³/mol. The fraction of sp³-hybridized carbons (Fsp3) is 0.200. The number of nitrogen functional groups attached to an aromatic ring is 1. The first-order valence-corrected chi connectivity index (χ1v) is 6.61. The number of hydrogen-bond acceptors (Lipinski definition) is 2. The van der Waals surface area contributed by atoms with Crippen LogP contribution in [0.5, 0.6) is 0 Å². The molecule has 2 rings (SSSR count). The topological polar surface area (TPSA) is 38.0 Å². The van der Waals surface area contributed by atoms with Crippen molar-refractivity contribution in [3.05, 3.63) is 58.1 Å². The molecule has 0 radical (unpaired) electrons. The molecule has 0 aliphatic carbocycles. The average Bonchev–Trinajstić information content (AvgIpc) is 2.41. The van der Waals surface area contributed by atoms with Gasteiger partial charge in [-0.15, -0.1) is 0 Å². The van der Waals surface area contributed by atoms with E-state index >= 15 is 0 Å². The van der Waals surface area contributed by atoms with Gasteiger partial charge in [0, 0.05) is 12.2 Å². The van der Waals surface area contributed by atoms with Crippen molar-refractivity contribution >= 4 is 23.0 Å². The number of rotatable bonds is 3. The zero-order valence-electron chi connectivity index (χ0n) is 11.3. The maximum atomic E-state index is 12.5. The molecule has 0 fully saturated rings. The van der Waals surface area contributed by atoms with Crippen molar-refractivity contribution in [2.45, 2.75) is 19.6 Å². The summed E-state index contributed by atoms with van der Waals surface area (Å²) in [5.74, 6) is 0. The molecule has 0 unspecified atom stereocenters. The largest absolute Gasteiger partial charge is 0.416 e. The molecule has 2 aromatic rings. The van der Waals surface area contributed by atoms with Gasteiger partial charge in [-0.25, -0.2) is 0 Å². The number of aryl methyl sites for hydroxylation is 1. The van der Waals surface area contributed by atoms with E-state index in [0.717, 1.165) is 28.9 Å². The smallest absolute Gasteiger partial charge is 0.398 e. The number of hydrogen-bond donors (Lipinski definition) is 2. The van der Waals surface area contributed by atoms with Gasteiger partial charge in [-0.05, 0) is 42.3 Å². The van der Waals surface area contributed by atoms with Crippen LogP contribution < -0.4 is 11.1 Å². The second-order valence-electron chi connectivity index (χ2n) is 4.74. The van der Waals surface area contributed by atoms with Crippen molar-refractivity contribution in [1.82, 2.24) is 0 Å². The number of benzene rings is 2. The van der Waals surface area contributed by atoms with E-state index in [1.54, 1.807) is 12.1 Å². The molecule has 0 atom stereocenters. The van der Waals surface area contributed by atoms with Crippen LogP contribution in [0, 0.1) is 6.92 Å². The molecule has 0 amide bonds. The van der Waals surface area contributed by atoms with Gasteiger partial charge in [0.15, 0.2) is 0 Å². The van der Waals surface area contributed by atoms with Crippen molar-refractivity contribution < 1.29 is 13.2 Å². The Kier molecular flexibility index (Phi) is 4.32. The van der Waals surface area contributed by atoms with E-state index in [-0.39, 0.29) is 0 Å². The van der Waals surface area contributed by atoms with E-state index in [0.29, 0.717) is 17.3 Å². The molecule has 0 bridgehead atoms. The maximum Gasteiger partial charge on any atom is 0.416 e. The van der Waals surface area contributed by atoms with Crippen molar-refractivity contribution in [2.24, 2.45) is 0 Å². The highest BCUT2D eigenvalue weighted by Crippen LogP contribution is 2.30. The first-order chi connectivity index (χ1) is 9.77. The lowest BCUT2D eigenvalue weighted by Crippen LogP contribution is -2.06. The fourth-order valence-electron chi connectivity index (χ4n) is 1.90. The Morgan fingerprint density at radius 2 is 1.76 bits per heavy atom. The lowest BCUT2D eigenvalue weighted by atomic mass is 10.1. The van der Waals surface area contributed by atoms with Crippen LogP contribution in [0.4, 0.5) is 24.5 Å². The molecule has 6 heteroatoms. The van der Waals surface area contributed by atoms with Crippen LogP contribution in [0.1, 0.15) is 16.7 Å². The van der Waals surface area contributed by atoms with Gasteiger partial charge in [0.05, 0.1) is 16.3 Å². The van der Waals surface area contributed by atoms with Crippen LogP contribution >= 0.6 is 11.6 Å². The lowest BCUT2D eigenvalue weighted by Gasteiger charge is -2.12. The number of alkyl halides is 3. The second-order valence-corrected chi connectivity index (χ2v) is 5.14. The Hall–Kier alpha value is -1.88. The highest BCUT2D eigenvalue weighted by molar-refractivity contribution is 6.33. The van der Waals surface area contributed by atoms with E-state index in [9.17, 15) is 13.2 Å². The van der Waals surface area contributed by atoms with Gasteiger partial charge >= 0.3 is 6.18 Å². The summed E-state index contributed by atoms with van der Waals surface area (Å²) < 4.78 is 37.4. The number of anilines is 2. The van der Waals surface area contributed by atoms with Crippen LogP contribution in [0.25, 0.3) is 0 Å². The lowest BCUT2D eigenvalue weighted by molar-refractivity contribution is -0.137. The van der Waals surface area contributed by atoms with Gasteiger partial charge in [0.2, 0.25) is 0 Å². The Morgan fingerprint density at radius 1 is 1.14 bits per heavy atom. The summed E-state index contributed by atoms with van der Waals surface area (Å²) in [6.07, 6.45) is -4.31. The van der Waals surface area contributed by atoms with Gasteiger partial charge in [-0.2, -0.15) is 13.2 Å². The van der Waals surface area contributed by atoms with E-state index in [2.05, 4.69) is 5.32 Å². The Labute approximate surface area is 125 Å². The van der Waals surface area contributed by atoms with E-state index in [1.807, 2.05) is 6.92 Å². The second kappa shape index (κ2) is 5.85. The molecule has 0 saturated carbocycles. The van der Waals surface area contributed by atoms with Crippen LogP contribution in [-0.4, -0.2) is 0 Å². The first-order valence-electron chi connectivity index (χ1n) is 6.23. The third-order valence-corrected chi connectivity index (χ3v) is 3.44. The quantitative estimate of drug-likeness (QED) is 0.794. The molecule has 0 aromatic heterocycles. The molecule has 0 aliphatic rings. The number of nitrogens with two attached hydrogens (primary N) is 1. The molecule has 0 spiro atoms. The normalized spacial score (nSPS) is 11.5. The summed E-state index contributed by atoms with van der Waals surface area (Å²) in [4.78, 5) is 0. The van der Waals surface area contributed by atoms with Crippen LogP contribution in [0.2, 0.25) is 5.02 Å². The van der Waals surface area contributed by atoms with Gasteiger partial charge in [0.1, 0.15) is 0 Å². The highest BCUT2D eigenvalue weighted by atomic mass is 35.5. The number of halogens is 4. The highest BCUT2D eigenvalue weighted by Gasteiger charge is 2.29. The maximum absolute atomic E-state index is 12.5. The molecule has 2 nitrogen and oxygen atoms in total. The van der Waals surface area contributed by atoms with Crippen molar-refractivity contribution in [3.63, 3.8) is 0 Å². The average molecular weight is 315 g/mol. The number of nitrogens with one attached hydrogen (secondary N) is 1. The molecule has 0 saturated heterocycles. The van der Waals surface area contributed by atoms with Crippen LogP contribution in [0.3, 0.4) is 0 Å². The summed E-state index contributed by atoms with van der Waals surface area (Å²) in [5, 5.41) is 3.57. The summed E-state index contributed by atoms with van der Waals surface area (Å²) in [7, 11) is 0. The molecular formula is C15H14ClF3N2. The van der Waals surface area contributed by atoms with Crippen LogP contribution in [-0.2, 0) is 12.7 Å². The summed E-state index contributed by atoms with van der Waals surface area (Å²) >= 11 is 5.95. The van der Waals surface area contributed by atoms with Crippen molar-refractivity contribution in [1.29, 1.82) is 0 Å². The Morgan fingerprint density at radius 3 is 2.33 bits per heavy atom. The molecule has 21 heavy (non-hydrogen) atoms. The Balaban J connectivity index is 2.08. The molecule has 3 N–H and O–H groups in total. The van der Waals surface area contributed by atoms with Crippen molar-refractivity contribution in [2.75, 3.05) is 11.1 Å². The van der Waals surface area contributed by atoms with E-state index in [4.69, 9.17) is 17.3 Å². The predicted octanol–water partition coefficient (Wildman–Crippen LogP) is 4.86. The third kappa shape index (κ3) is 3.82. The fourth-order valence-corrected chi connectivity index (χ4v) is 2.07. The summed E-state index contributed by atoms with van der Waals surface area (Å²) in [5.41, 5.74) is 7.99. The van der Waals surface area contributed by atoms with Gasteiger partial charge in [-0.3, -0.25) is 0 Å². The van der Waals surface area contributed by atoms with Gasteiger partial charge < -0.3 is 11.1 Å². The van der Waals surface area contributed by atoms with Crippen LogP contribution in [0.15, 0.2) is 36.4 Å². The minimum absolute atomic E-state index is 0.402. The monoisotopic (exact) mass is 314 g/mol. The van der Waals surface area contributed by atoms with E-state index < -0.39 is 11.7 Å². The minimum Gasteiger partial charge on any atom is -0.398 e. The standard InChI is InChI=1S/C15H14ClF3N2/c1-9-6-13(20)12(16)7-14(9)21-8-10-2-4-11(5-3-10)15(17,18)19/h2-7,21H,8,20H2,1H3. The zero-order valence-corrected chi connectivity index (χ0v) is 12.0. The molecule has 0 aliphatic heterocycles. The molecule has 112 valence electrons. The summed E-state index contributed by atoms with van der Waals surface area (Å²) in [6.45, 7) is 2.28. The molecular weight excluding hydrogens is 301 g/mol. The minimum atomic E-state index is -4.31. The summed E-state index contributed by atoms with van der Waals surface area (Å²) in [6, 6.07) is 8.49. The zero-order chi connectivity index (χ0) is 15.6. The van der Waals surface area contributed by atoms with Crippen molar-refractivity contribution in [3.8, 4) is 0 Å². The third-order valence-electron chi connectivity index (χ3n) is 3.11. The first kappa shape index (κ1) is 15.5.